The monoisotopic (exact) mass is 491 g/mol. The number of nitrogens with zero attached hydrogens (tertiary/aromatic N) is 1. The van der Waals surface area contributed by atoms with E-state index in [2.05, 4.69) is 29.5 Å². The third-order valence-corrected chi connectivity index (χ3v) is 5.54. The second-order valence-electron chi connectivity index (χ2n) is 7.30. The molecule has 2 aliphatic rings. The van der Waals surface area contributed by atoms with E-state index < -0.39 is 0 Å². The summed E-state index contributed by atoms with van der Waals surface area (Å²) in [7, 11) is 6.56. The molecule has 3 rings (SSSR count). The van der Waals surface area contributed by atoms with Gasteiger partial charge in [0, 0.05) is 48.8 Å². The lowest BCUT2D eigenvalue weighted by molar-refractivity contribution is -0.106. The quantitative estimate of drug-likeness (QED) is 0.375. The van der Waals surface area contributed by atoms with Crippen LogP contribution in [0.3, 0.4) is 0 Å². The van der Waals surface area contributed by atoms with Crippen molar-refractivity contribution in [2.45, 2.75) is 32.4 Å². The number of ether oxygens (including phenoxy) is 4. The van der Waals surface area contributed by atoms with Crippen LogP contribution in [-0.4, -0.2) is 53.1 Å². The second-order valence-corrected chi connectivity index (χ2v) is 7.30. The molecule has 3 atom stereocenters. The van der Waals surface area contributed by atoms with Crippen LogP contribution in [0.2, 0.25) is 0 Å². The highest BCUT2D eigenvalue weighted by Crippen LogP contribution is 2.52. The van der Waals surface area contributed by atoms with Crippen LogP contribution >= 0.6 is 24.0 Å². The van der Waals surface area contributed by atoms with Crippen LogP contribution in [0, 0.1) is 11.3 Å². The van der Waals surface area contributed by atoms with Crippen LogP contribution in [0.1, 0.15) is 20.3 Å². The number of guanidine groups is 1. The second kappa shape index (κ2) is 8.72. The van der Waals surface area contributed by atoms with Gasteiger partial charge in [-0.3, -0.25) is 4.99 Å². The maximum atomic E-state index is 5.87. The molecule has 0 aromatic heterocycles. The number of fused-ring (bicyclic) bond motifs is 1. The predicted octanol–water partition coefficient (Wildman–Crippen LogP) is 3.13. The van der Waals surface area contributed by atoms with Gasteiger partial charge in [0.1, 0.15) is 0 Å². The normalized spacial score (nSPS) is 25.6. The zero-order chi connectivity index (χ0) is 18.9. The zero-order valence-corrected chi connectivity index (χ0v) is 19.1. The minimum atomic E-state index is 0. The number of halogens is 1. The minimum absolute atomic E-state index is 0. The molecule has 1 heterocycles. The third-order valence-electron chi connectivity index (χ3n) is 5.54. The molecule has 1 saturated heterocycles. The first kappa shape index (κ1) is 21.9. The zero-order valence-electron chi connectivity index (χ0n) is 16.8. The van der Waals surface area contributed by atoms with Crippen molar-refractivity contribution in [2.24, 2.45) is 16.3 Å². The van der Waals surface area contributed by atoms with Crippen LogP contribution in [0.15, 0.2) is 17.1 Å². The fourth-order valence-corrected chi connectivity index (χ4v) is 4.21. The van der Waals surface area contributed by atoms with E-state index in [0.717, 1.165) is 18.7 Å². The van der Waals surface area contributed by atoms with E-state index in [1.54, 1.807) is 28.4 Å². The molecular formula is C19H30IN3O4. The molecule has 2 N–H and O–H groups in total. The maximum absolute atomic E-state index is 5.87. The van der Waals surface area contributed by atoms with Crippen LogP contribution in [0.5, 0.6) is 17.2 Å². The van der Waals surface area contributed by atoms with Crippen LogP contribution in [0.4, 0.5) is 5.69 Å². The molecule has 1 aliphatic heterocycles. The van der Waals surface area contributed by atoms with E-state index >= 15 is 0 Å². The Bertz CT molecular complexity index is 671. The number of hydrogen-bond acceptors (Lipinski definition) is 5. The first-order valence-corrected chi connectivity index (χ1v) is 8.88. The van der Waals surface area contributed by atoms with E-state index in [1.807, 2.05) is 12.1 Å². The number of rotatable bonds is 5. The summed E-state index contributed by atoms with van der Waals surface area (Å²) in [6.45, 7) is 5.32. The van der Waals surface area contributed by atoms with Crippen LogP contribution < -0.4 is 24.8 Å². The summed E-state index contributed by atoms with van der Waals surface area (Å²) >= 11 is 0. The average molecular weight is 491 g/mol. The van der Waals surface area contributed by atoms with Gasteiger partial charge in [-0.2, -0.15) is 0 Å². The van der Waals surface area contributed by atoms with Crippen molar-refractivity contribution in [3.8, 4) is 17.2 Å². The molecular weight excluding hydrogens is 461 g/mol. The maximum Gasteiger partial charge on any atom is 0.203 e. The van der Waals surface area contributed by atoms with Crippen molar-refractivity contribution in [3.05, 3.63) is 12.1 Å². The Labute approximate surface area is 178 Å². The Morgan fingerprint density at radius 2 is 1.78 bits per heavy atom. The number of benzene rings is 1. The van der Waals surface area contributed by atoms with Crippen LogP contribution in [-0.2, 0) is 4.74 Å². The first-order valence-electron chi connectivity index (χ1n) is 8.88. The van der Waals surface area contributed by atoms with E-state index in [1.165, 1.54) is 0 Å². The Balaban J connectivity index is 0.00000261. The molecule has 3 unspecified atom stereocenters. The van der Waals surface area contributed by atoms with E-state index in [4.69, 9.17) is 18.9 Å². The predicted molar refractivity (Wildman–Crippen MR) is 117 cm³/mol. The van der Waals surface area contributed by atoms with Crippen molar-refractivity contribution in [3.63, 3.8) is 0 Å². The van der Waals surface area contributed by atoms with Crippen molar-refractivity contribution in [1.82, 2.24) is 5.32 Å². The Morgan fingerprint density at radius 1 is 1.15 bits per heavy atom. The summed E-state index contributed by atoms with van der Waals surface area (Å²) < 4.78 is 22.1. The molecule has 1 saturated carbocycles. The van der Waals surface area contributed by atoms with Gasteiger partial charge in [0.15, 0.2) is 17.5 Å². The molecule has 27 heavy (non-hydrogen) atoms. The summed E-state index contributed by atoms with van der Waals surface area (Å²) in [5.41, 5.74) is 0.887. The van der Waals surface area contributed by atoms with E-state index in [-0.39, 0.29) is 29.4 Å². The molecule has 0 amide bonds. The van der Waals surface area contributed by atoms with Gasteiger partial charge in [0.05, 0.1) is 27.4 Å². The molecule has 1 aromatic carbocycles. The summed E-state index contributed by atoms with van der Waals surface area (Å²) in [5.74, 6) is 3.00. The summed E-state index contributed by atoms with van der Waals surface area (Å²) in [4.78, 5) is 4.38. The first-order chi connectivity index (χ1) is 12.5. The third kappa shape index (κ3) is 3.91. The van der Waals surface area contributed by atoms with Gasteiger partial charge >= 0.3 is 0 Å². The van der Waals surface area contributed by atoms with Gasteiger partial charge in [-0.1, -0.05) is 13.8 Å². The standard InChI is InChI=1S/C19H29N3O4.HI/c1-19(2)16(12-7-8-26-17(12)19)22-18(20-3)21-11-9-13(23-4)15(25-6)14(10-11)24-5;/h9-10,12,16-17H,7-8H2,1-6H3,(H2,20,21,22);1H. The van der Waals surface area contributed by atoms with Crippen molar-refractivity contribution >= 4 is 35.6 Å². The lowest BCUT2D eigenvalue weighted by Gasteiger charge is -2.54. The van der Waals surface area contributed by atoms with Gasteiger partial charge in [-0.25, -0.2) is 0 Å². The van der Waals surface area contributed by atoms with Gasteiger partial charge in [-0.05, 0) is 6.42 Å². The fraction of sp³-hybridized carbons (Fsp3) is 0.632. The molecule has 1 aliphatic carbocycles. The topological polar surface area (TPSA) is 73.3 Å². The number of nitrogens with one attached hydrogen (secondary N) is 2. The molecule has 152 valence electrons. The van der Waals surface area contributed by atoms with Crippen molar-refractivity contribution in [1.29, 1.82) is 0 Å². The molecule has 0 spiro atoms. The highest BCUT2D eigenvalue weighted by molar-refractivity contribution is 14.0. The molecule has 0 radical (unpaired) electrons. The summed E-state index contributed by atoms with van der Waals surface area (Å²) in [5, 5.41) is 6.89. The Hall–Kier alpha value is -1.42. The lowest BCUT2D eigenvalue weighted by Crippen LogP contribution is -2.67. The average Bonchev–Trinajstić information content (AvgIpc) is 3.11. The van der Waals surface area contributed by atoms with E-state index in [0.29, 0.717) is 41.3 Å². The van der Waals surface area contributed by atoms with E-state index in [9.17, 15) is 0 Å². The van der Waals surface area contributed by atoms with Gasteiger partial charge in [0.2, 0.25) is 5.75 Å². The number of hydrogen-bond donors (Lipinski definition) is 2. The minimum Gasteiger partial charge on any atom is -0.493 e. The van der Waals surface area contributed by atoms with Gasteiger partial charge in [0.25, 0.3) is 0 Å². The highest BCUT2D eigenvalue weighted by Gasteiger charge is 2.59. The lowest BCUT2D eigenvalue weighted by atomic mass is 9.57. The molecule has 7 nitrogen and oxygen atoms in total. The molecule has 8 heteroatoms. The molecule has 2 fully saturated rings. The number of aliphatic imine (C=N–C) groups is 1. The van der Waals surface area contributed by atoms with Crippen molar-refractivity contribution in [2.75, 3.05) is 40.3 Å². The SMILES string of the molecule is CN=C(Nc1cc(OC)c(OC)c(OC)c1)NC1C2CCOC2C1(C)C.I. The number of methoxy groups -OCH3 is 3. The number of anilines is 1. The fourth-order valence-electron chi connectivity index (χ4n) is 4.21. The van der Waals surface area contributed by atoms with Gasteiger partial charge in [-0.15, -0.1) is 24.0 Å². The molecule has 1 aromatic rings. The van der Waals surface area contributed by atoms with Crippen molar-refractivity contribution < 1.29 is 18.9 Å². The largest absolute Gasteiger partial charge is 0.493 e. The summed E-state index contributed by atoms with van der Waals surface area (Å²) in [6.07, 6.45) is 1.42. The Morgan fingerprint density at radius 3 is 2.30 bits per heavy atom. The smallest absolute Gasteiger partial charge is 0.203 e. The van der Waals surface area contributed by atoms with Crippen LogP contribution in [0.25, 0.3) is 0 Å². The highest BCUT2D eigenvalue weighted by atomic mass is 127. The summed E-state index contributed by atoms with van der Waals surface area (Å²) in [6, 6.07) is 4.05. The molecule has 0 bridgehead atoms. The van der Waals surface area contributed by atoms with Gasteiger partial charge < -0.3 is 29.6 Å². The Kier molecular flexibility index (Phi) is 7.07.